The lowest BCUT2D eigenvalue weighted by Crippen LogP contribution is -2.58. The predicted molar refractivity (Wildman–Crippen MR) is 174 cm³/mol. The highest BCUT2D eigenvalue weighted by molar-refractivity contribution is 8.02. The van der Waals surface area contributed by atoms with Crippen molar-refractivity contribution in [3.05, 3.63) is 84.9 Å². The molecule has 3 fully saturated rings. The number of hydrogen-bond acceptors (Lipinski definition) is 5. The van der Waals surface area contributed by atoms with Crippen molar-refractivity contribution in [2.75, 3.05) is 29.5 Å². The van der Waals surface area contributed by atoms with Gasteiger partial charge in [0.1, 0.15) is 6.04 Å². The average molecular weight is 622 g/mol. The molecule has 3 aliphatic heterocycles. The van der Waals surface area contributed by atoms with Crippen LogP contribution in [0.3, 0.4) is 0 Å². The molecule has 5 rings (SSSR count). The van der Waals surface area contributed by atoms with Gasteiger partial charge in [-0.15, -0.1) is 24.9 Å². The molecule has 0 saturated carbocycles. The van der Waals surface area contributed by atoms with Gasteiger partial charge >= 0.3 is 0 Å². The molecule has 0 aliphatic carbocycles. The molecule has 3 aliphatic rings. The van der Waals surface area contributed by atoms with E-state index in [-0.39, 0.29) is 36.8 Å². The first-order valence-electron chi connectivity index (χ1n) is 14.8. The number of carbonyl (C=O) groups is 3. The smallest absolute Gasteiger partial charge is 0.251 e. The summed E-state index contributed by atoms with van der Waals surface area (Å²) in [6.07, 6.45) is 4.62. The Morgan fingerprint density at radius 1 is 1.05 bits per heavy atom. The summed E-state index contributed by atoms with van der Waals surface area (Å²) in [6, 6.07) is 15.1. The monoisotopic (exact) mass is 621 g/mol. The molecule has 7 nitrogen and oxygen atoms in total. The number of hydrogen-bond donors (Lipinski definition) is 1. The summed E-state index contributed by atoms with van der Waals surface area (Å²) < 4.78 is -1.39. The first-order chi connectivity index (χ1) is 20.6. The standard InChI is InChI=1S/C34H40ClN3O4S/c1-6-19-36(23-13-9-8-10-14-23)30(40)27-28-31(41)38(26(21-39)22(3)4)29(34(28)18-17-33(27,5)43-34)32(42)37(20-7-2)25-16-12-11-15-24(25)35/h6-16,22,26-29,39H,1-2,17-21H2,3-5H3/t26-,27+,28-,29?,33-,34?/m0/s1. The number of aliphatic hydroxyl groups excluding tert-OH is 1. The van der Waals surface area contributed by atoms with E-state index in [1.54, 1.807) is 56.8 Å². The van der Waals surface area contributed by atoms with Crippen molar-refractivity contribution in [2.24, 2.45) is 17.8 Å². The van der Waals surface area contributed by atoms with Gasteiger partial charge in [0.15, 0.2) is 0 Å². The third-order valence-corrected chi connectivity index (χ3v) is 11.7. The maximum absolute atomic E-state index is 14.9. The van der Waals surface area contributed by atoms with Crippen LogP contribution in [0.25, 0.3) is 0 Å². The average Bonchev–Trinajstić information content (AvgIpc) is 3.56. The summed E-state index contributed by atoms with van der Waals surface area (Å²) in [5.74, 6) is -2.17. The zero-order chi connectivity index (χ0) is 31.1. The van der Waals surface area contributed by atoms with Crippen molar-refractivity contribution in [3.8, 4) is 0 Å². The lowest BCUT2D eigenvalue weighted by molar-refractivity contribution is -0.143. The van der Waals surface area contributed by atoms with Crippen LogP contribution in [0.15, 0.2) is 79.9 Å². The van der Waals surface area contributed by atoms with Crippen LogP contribution < -0.4 is 9.80 Å². The molecule has 2 bridgehead atoms. The summed E-state index contributed by atoms with van der Waals surface area (Å²) in [6.45, 7) is 13.9. The fourth-order valence-corrected chi connectivity index (χ4v) is 10.0. The molecule has 3 amide bonds. The number of fused-ring (bicyclic) bond motifs is 1. The molecule has 1 spiro atoms. The SMILES string of the molecule is C=CCN(C(=O)[C@H]1[C@H]2C(=O)N([C@@H](CO)C(C)C)C(C(=O)N(CC=C)c3ccccc3Cl)C23CC[C@]1(C)S3)c1ccccc1. The van der Waals surface area contributed by atoms with E-state index in [2.05, 4.69) is 20.1 Å². The summed E-state index contributed by atoms with van der Waals surface area (Å²) >= 11 is 8.21. The van der Waals surface area contributed by atoms with E-state index in [0.717, 1.165) is 5.69 Å². The van der Waals surface area contributed by atoms with E-state index in [9.17, 15) is 19.5 Å². The van der Waals surface area contributed by atoms with Crippen molar-refractivity contribution >= 4 is 52.5 Å². The third kappa shape index (κ3) is 5.01. The second kappa shape index (κ2) is 12.1. The Balaban J connectivity index is 1.65. The lowest BCUT2D eigenvalue weighted by atomic mass is 9.66. The van der Waals surface area contributed by atoms with E-state index in [1.807, 2.05) is 50.2 Å². The molecule has 3 heterocycles. The van der Waals surface area contributed by atoms with E-state index in [4.69, 9.17) is 11.6 Å². The Morgan fingerprint density at radius 2 is 1.67 bits per heavy atom. The van der Waals surface area contributed by atoms with Crippen LogP contribution in [0.4, 0.5) is 11.4 Å². The van der Waals surface area contributed by atoms with E-state index < -0.39 is 33.4 Å². The number of carbonyl (C=O) groups excluding carboxylic acids is 3. The molecule has 228 valence electrons. The van der Waals surface area contributed by atoms with Crippen molar-refractivity contribution in [1.29, 1.82) is 0 Å². The zero-order valence-electron chi connectivity index (χ0n) is 25.0. The molecule has 0 aromatic heterocycles. The van der Waals surface area contributed by atoms with Gasteiger partial charge in [-0.3, -0.25) is 14.4 Å². The predicted octanol–water partition coefficient (Wildman–Crippen LogP) is 5.58. The van der Waals surface area contributed by atoms with Crippen molar-refractivity contribution in [3.63, 3.8) is 0 Å². The maximum atomic E-state index is 14.9. The number of likely N-dealkylation sites (tertiary alicyclic amines) is 1. The summed E-state index contributed by atoms with van der Waals surface area (Å²) in [5, 5.41) is 11.0. The molecule has 2 unspecified atom stereocenters. The van der Waals surface area contributed by atoms with Crippen molar-refractivity contribution in [2.45, 2.75) is 55.2 Å². The quantitative estimate of drug-likeness (QED) is 0.332. The number of rotatable bonds is 11. The maximum Gasteiger partial charge on any atom is 0.251 e. The highest BCUT2D eigenvalue weighted by atomic mass is 35.5. The first kappa shape index (κ1) is 31.4. The van der Waals surface area contributed by atoms with Gasteiger partial charge in [-0.25, -0.2) is 0 Å². The van der Waals surface area contributed by atoms with Crippen LogP contribution in [0.5, 0.6) is 0 Å². The number of para-hydroxylation sites is 2. The molecule has 9 heteroatoms. The number of benzene rings is 2. The van der Waals surface area contributed by atoms with Crippen LogP contribution in [0.2, 0.25) is 5.02 Å². The van der Waals surface area contributed by atoms with Gasteiger partial charge in [0, 0.05) is 23.5 Å². The van der Waals surface area contributed by atoms with Crippen LogP contribution in [0.1, 0.15) is 33.6 Å². The van der Waals surface area contributed by atoms with Gasteiger partial charge < -0.3 is 19.8 Å². The number of anilines is 2. The Morgan fingerprint density at radius 3 is 2.28 bits per heavy atom. The van der Waals surface area contributed by atoms with Gasteiger partial charge in [0.05, 0.1) is 39.9 Å². The van der Waals surface area contributed by atoms with Crippen molar-refractivity contribution in [1.82, 2.24) is 4.90 Å². The lowest BCUT2D eigenvalue weighted by Gasteiger charge is -2.40. The largest absolute Gasteiger partial charge is 0.394 e. The van der Waals surface area contributed by atoms with Crippen LogP contribution in [-0.2, 0) is 14.4 Å². The molecule has 3 saturated heterocycles. The molecule has 2 aromatic carbocycles. The first-order valence-corrected chi connectivity index (χ1v) is 16.0. The Kier molecular flexibility index (Phi) is 8.85. The second-order valence-corrected chi connectivity index (χ2v) is 14.5. The molecule has 0 radical (unpaired) electrons. The highest BCUT2D eigenvalue weighted by Gasteiger charge is 2.78. The second-order valence-electron chi connectivity index (χ2n) is 12.2. The molecule has 43 heavy (non-hydrogen) atoms. The third-order valence-electron chi connectivity index (χ3n) is 9.39. The van der Waals surface area contributed by atoms with E-state index >= 15 is 0 Å². The zero-order valence-corrected chi connectivity index (χ0v) is 26.6. The summed E-state index contributed by atoms with van der Waals surface area (Å²) in [5.41, 5.74) is 1.27. The number of halogens is 1. The van der Waals surface area contributed by atoms with Gasteiger partial charge in [0.25, 0.3) is 5.91 Å². The van der Waals surface area contributed by atoms with E-state index in [1.165, 1.54) is 0 Å². The minimum absolute atomic E-state index is 0.124. The number of nitrogens with zero attached hydrogens (tertiary/aromatic N) is 3. The van der Waals surface area contributed by atoms with Crippen LogP contribution in [0, 0.1) is 17.8 Å². The van der Waals surface area contributed by atoms with E-state index in [0.29, 0.717) is 30.1 Å². The molecular weight excluding hydrogens is 582 g/mol. The van der Waals surface area contributed by atoms with Gasteiger partial charge in [-0.05, 0) is 49.9 Å². The van der Waals surface area contributed by atoms with Crippen LogP contribution >= 0.6 is 23.4 Å². The fraction of sp³-hybridized carbons (Fsp3) is 0.441. The van der Waals surface area contributed by atoms with Crippen LogP contribution in [-0.4, -0.2) is 69.0 Å². The Hall–Kier alpha value is -3.07. The van der Waals surface area contributed by atoms with Crippen molar-refractivity contribution < 1.29 is 19.5 Å². The number of aliphatic hydroxyl groups is 1. The van der Waals surface area contributed by atoms with Gasteiger partial charge in [0.2, 0.25) is 11.8 Å². The number of thioether (sulfide) groups is 1. The highest BCUT2D eigenvalue weighted by Crippen LogP contribution is 2.72. The topological polar surface area (TPSA) is 81.2 Å². The summed E-state index contributed by atoms with van der Waals surface area (Å²) in [4.78, 5) is 49.1. The minimum Gasteiger partial charge on any atom is -0.394 e. The number of amides is 3. The Bertz CT molecular complexity index is 1420. The van der Waals surface area contributed by atoms with Gasteiger partial charge in [-0.1, -0.05) is 67.9 Å². The Labute approximate surface area is 263 Å². The molecule has 6 atom stereocenters. The molecule has 2 aromatic rings. The molecule has 1 N–H and O–H groups in total. The normalized spacial score (nSPS) is 28.1. The molecular formula is C34H40ClN3O4S. The van der Waals surface area contributed by atoms with Gasteiger partial charge in [-0.2, -0.15) is 0 Å². The minimum atomic E-state index is -0.894. The summed E-state index contributed by atoms with van der Waals surface area (Å²) in [7, 11) is 0. The fourth-order valence-electron chi connectivity index (χ4n) is 7.48.